The summed E-state index contributed by atoms with van der Waals surface area (Å²) in [6.07, 6.45) is 0.0426. The Hall–Kier alpha value is -1.10. The van der Waals surface area contributed by atoms with Crippen LogP contribution in [-0.2, 0) is 23.8 Å². The van der Waals surface area contributed by atoms with Crippen LogP contribution >= 0.6 is 0 Å². The van der Waals surface area contributed by atoms with E-state index >= 15 is 0 Å². The Morgan fingerprint density at radius 3 is 1.74 bits per heavy atom. The number of rotatable bonds is 6. The van der Waals surface area contributed by atoms with Crippen molar-refractivity contribution in [1.29, 1.82) is 0 Å². The summed E-state index contributed by atoms with van der Waals surface area (Å²) >= 11 is 0. The molecule has 0 saturated heterocycles. The van der Waals surface area contributed by atoms with E-state index in [2.05, 4.69) is 0 Å². The molecule has 0 aliphatic rings. The second-order valence-corrected chi connectivity index (χ2v) is 6.61. The minimum atomic E-state index is -0.461. The SMILES string of the molecule is CC(C)(C)COC(=O)CCC(=O)OCOC(C)(C)C. The summed E-state index contributed by atoms with van der Waals surface area (Å²) < 4.78 is 15.1. The van der Waals surface area contributed by atoms with Gasteiger partial charge in [0.15, 0.2) is 6.79 Å². The summed E-state index contributed by atoms with van der Waals surface area (Å²) in [5.41, 5.74) is -0.428. The van der Waals surface area contributed by atoms with Crippen molar-refractivity contribution in [2.45, 2.75) is 60.0 Å². The monoisotopic (exact) mass is 274 g/mol. The van der Waals surface area contributed by atoms with Crippen molar-refractivity contribution in [1.82, 2.24) is 0 Å². The van der Waals surface area contributed by atoms with E-state index in [-0.39, 0.29) is 36.6 Å². The lowest BCUT2D eigenvalue weighted by molar-refractivity contribution is -0.168. The lowest BCUT2D eigenvalue weighted by Gasteiger charge is -2.19. The molecule has 19 heavy (non-hydrogen) atoms. The Labute approximate surface area is 115 Å². The molecule has 0 saturated carbocycles. The molecule has 0 aliphatic heterocycles. The maximum Gasteiger partial charge on any atom is 0.308 e. The van der Waals surface area contributed by atoms with Gasteiger partial charge in [-0.1, -0.05) is 20.8 Å². The largest absolute Gasteiger partial charge is 0.465 e. The summed E-state index contributed by atoms with van der Waals surface area (Å²) in [6, 6.07) is 0. The molecule has 5 heteroatoms. The second kappa shape index (κ2) is 7.48. The molecule has 0 atom stereocenters. The third-order valence-corrected chi connectivity index (χ3v) is 1.91. The van der Waals surface area contributed by atoms with Gasteiger partial charge in [-0.15, -0.1) is 0 Å². The van der Waals surface area contributed by atoms with E-state index in [4.69, 9.17) is 14.2 Å². The fourth-order valence-electron chi connectivity index (χ4n) is 0.917. The lowest BCUT2D eigenvalue weighted by Crippen LogP contribution is -2.23. The molecule has 0 aliphatic carbocycles. The van der Waals surface area contributed by atoms with Crippen molar-refractivity contribution in [2.75, 3.05) is 13.4 Å². The van der Waals surface area contributed by atoms with Crippen LogP contribution < -0.4 is 0 Å². The van der Waals surface area contributed by atoms with Crippen molar-refractivity contribution in [3.8, 4) is 0 Å². The van der Waals surface area contributed by atoms with Gasteiger partial charge in [-0.2, -0.15) is 0 Å². The van der Waals surface area contributed by atoms with Gasteiger partial charge in [0, 0.05) is 0 Å². The van der Waals surface area contributed by atoms with Gasteiger partial charge in [-0.25, -0.2) is 0 Å². The number of ether oxygens (including phenoxy) is 3. The molecule has 5 nitrogen and oxygen atoms in total. The first kappa shape index (κ1) is 17.9. The van der Waals surface area contributed by atoms with Crippen LogP contribution in [0.15, 0.2) is 0 Å². The molecule has 0 unspecified atom stereocenters. The van der Waals surface area contributed by atoms with Crippen molar-refractivity contribution in [3.05, 3.63) is 0 Å². The van der Waals surface area contributed by atoms with Gasteiger partial charge in [0.25, 0.3) is 0 Å². The highest BCUT2D eigenvalue weighted by Gasteiger charge is 2.16. The zero-order valence-corrected chi connectivity index (χ0v) is 12.9. The standard InChI is InChI=1S/C14H26O5/c1-13(2,3)9-17-11(15)7-8-12(16)18-10-19-14(4,5)6/h7-10H2,1-6H3. The minimum Gasteiger partial charge on any atom is -0.465 e. The Balaban J connectivity index is 3.70. The Kier molecular flexibility index (Phi) is 7.05. The number of esters is 2. The Bertz CT molecular complexity index is 296. The van der Waals surface area contributed by atoms with E-state index in [0.717, 1.165) is 0 Å². The van der Waals surface area contributed by atoms with E-state index < -0.39 is 5.97 Å². The first-order chi connectivity index (χ1) is 8.49. The molecule has 0 amide bonds. The first-order valence-corrected chi connectivity index (χ1v) is 6.45. The molecule has 0 bridgehead atoms. The predicted molar refractivity (Wildman–Crippen MR) is 71.4 cm³/mol. The van der Waals surface area contributed by atoms with Crippen molar-refractivity contribution >= 4 is 11.9 Å². The third kappa shape index (κ3) is 13.1. The molecule has 0 spiro atoms. The minimum absolute atomic E-state index is 0.0104. The first-order valence-electron chi connectivity index (χ1n) is 6.45. The van der Waals surface area contributed by atoms with Crippen LogP contribution in [-0.4, -0.2) is 30.9 Å². The molecule has 0 aromatic heterocycles. The van der Waals surface area contributed by atoms with Crippen molar-refractivity contribution in [2.24, 2.45) is 5.41 Å². The van der Waals surface area contributed by atoms with Crippen LogP contribution in [0.2, 0.25) is 0 Å². The van der Waals surface area contributed by atoms with Crippen molar-refractivity contribution < 1.29 is 23.8 Å². The number of carbonyl (C=O) groups excluding carboxylic acids is 2. The van der Waals surface area contributed by atoms with E-state index in [1.165, 1.54) is 0 Å². The molecule has 0 heterocycles. The topological polar surface area (TPSA) is 61.8 Å². The Morgan fingerprint density at radius 1 is 0.842 bits per heavy atom. The predicted octanol–water partition coefficient (Wildman–Crippen LogP) is 2.67. The van der Waals surface area contributed by atoms with Gasteiger partial charge in [0.05, 0.1) is 25.0 Å². The molecular weight excluding hydrogens is 248 g/mol. The van der Waals surface area contributed by atoms with E-state index in [9.17, 15) is 9.59 Å². The third-order valence-electron chi connectivity index (χ3n) is 1.91. The highest BCUT2D eigenvalue weighted by Crippen LogP contribution is 2.13. The molecule has 0 N–H and O–H groups in total. The fraction of sp³-hybridized carbons (Fsp3) is 0.857. The second-order valence-electron chi connectivity index (χ2n) is 6.61. The maximum absolute atomic E-state index is 11.4. The molecule has 0 aromatic carbocycles. The summed E-state index contributed by atoms with van der Waals surface area (Å²) in [5.74, 6) is -0.847. The summed E-state index contributed by atoms with van der Waals surface area (Å²) in [6.45, 7) is 11.8. The van der Waals surface area contributed by atoms with Crippen LogP contribution in [0.1, 0.15) is 54.4 Å². The summed E-state index contributed by atoms with van der Waals surface area (Å²) in [5, 5.41) is 0. The molecule has 0 fully saturated rings. The zero-order chi connectivity index (χ0) is 15.1. The smallest absolute Gasteiger partial charge is 0.308 e. The normalized spacial score (nSPS) is 12.1. The highest BCUT2D eigenvalue weighted by atomic mass is 16.7. The van der Waals surface area contributed by atoms with Gasteiger partial charge in [-0.05, 0) is 26.2 Å². The molecule has 0 radical (unpaired) electrons. The molecule has 0 aromatic rings. The van der Waals surface area contributed by atoms with E-state index in [1.807, 2.05) is 41.5 Å². The van der Waals surface area contributed by atoms with Gasteiger partial charge in [-0.3, -0.25) is 9.59 Å². The van der Waals surface area contributed by atoms with Gasteiger partial charge < -0.3 is 14.2 Å². The van der Waals surface area contributed by atoms with E-state index in [1.54, 1.807) is 0 Å². The zero-order valence-electron chi connectivity index (χ0n) is 12.9. The van der Waals surface area contributed by atoms with E-state index in [0.29, 0.717) is 6.61 Å². The average Bonchev–Trinajstić information content (AvgIpc) is 2.20. The van der Waals surface area contributed by atoms with Gasteiger partial charge in [0.2, 0.25) is 0 Å². The van der Waals surface area contributed by atoms with Crippen LogP contribution in [0.5, 0.6) is 0 Å². The van der Waals surface area contributed by atoms with Crippen LogP contribution in [0.4, 0.5) is 0 Å². The summed E-state index contributed by atoms with van der Waals surface area (Å²) in [7, 11) is 0. The highest BCUT2D eigenvalue weighted by molar-refractivity contribution is 5.77. The maximum atomic E-state index is 11.4. The van der Waals surface area contributed by atoms with Crippen LogP contribution in [0.3, 0.4) is 0 Å². The molecular formula is C14H26O5. The average molecular weight is 274 g/mol. The quantitative estimate of drug-likeness (QED) is 0.550. The van der Waals surface area contributed by atoms with Crippen LogP contribution in [0, 0.1) is 5.41 Å². The molecule has 112 valence electrons. The summed E-state index contributed by atoms with van der Waals surface area (Å²) in [4.78, 5) is 22.7. The van der Waals surface area contributed by atoms with Crippen molar-refractivity contribution in [3.63, 3.8) is 0 Å². The number of hydrogen-bond acceptors (Lipinski definition) is 5. The Morgan fingerprint density at radius 2 is 1.32 bits per heavy atom. The fourth-order valence-corrected chi connectivity index (χ4v) is 0.917. The molecule has 0 rings (SSSR count). The number of carbonyl (C=O) groups is 2. The van der Waals surface area contributed by atoms with Crippen LogP contribution in [0.25, 0.3) is 0 Å². The van der Waals surface area contributed by atoms with Gasteiger partial charge >= 0.3 is 11.9 Å². The van der Waals surface area contributed by atoms with Gasteiger partial charge in [0.1, 0.15) is 0 Å². The number of hydrogen-bond donors (Lipinski definition) is 0. The lowest BCUT2D eigenvalue weighted by atomic mass is 9.99.